The minimum Gasteiger partial charge on any atom is -0.374 e. The number of benzene rings is 2. The summed E-state index contributed by atoms with van der Waals surface area (Å²) in [5, 5.41) is 3.50. The van der Waals surface area contributed by atoms with E-state index in [1.807, 2.05) is 12.1 Å². The first-order valence-corrected chi connectivity index (χ1v) is 7.45. The number of anilines is 1. The van der Waals surface area contributed by atoms with Gasteiger partial charge in [0, 0.05) is 31.9 Å². The fraction of sp³-hybridized carbons (Fsp3) is 0.333. The van der Waals surface area contributed by atoms with Gasteiger partial charge in [0.15, 0.2) is 0 Å². The largest absolute Gasteiger partial charge is 0.374 e. The van der Waals surface area contributed by atoms with Gasteiger partial charge in [0.1, 0.15) is 5.82 Å². The van der Waals surface area contributed by atoms with Crippen LogP contribution in [0.15, 0.2) is 42.5 Å². The molecule has 2 aromatic rings. The number of hydrogen-bond donors (Lipinski definition) is 1. The van der Waals surface area contributed by atoms with E-state index >= 15 is 0 Å². The number of hydrogen-bond acceptors (Lipinski definition) is 2. The van der Waals surface area contributed by atoms with Gasteiger partial charge in [-0.05, 0) is 48.2 Å². The summed E-state index contributed by atoms with van der Waals surface area (Å²) in [6, 6.07) is 13.6. The number of likely N-dealkylation sites (N-methyl/N-ethyl adjacent to an activating group) is 1. The molecule has 0 saturated carbocycles. The average molecular weight is 284 g/mol. The van der Waals surface area contributed by atoms with Crippen molar-refractivity contribution < 1.29 is 4.39 Å². The summed E-state index contributed by atoms with van der Waals surface area (Å²) in [6.45, 7) is 4.04. The second kappa shape index (κ2) is 5.86. The predicted octanol–water partition coefficient (Wildman–Crippen LogP) is 3.67. The van der Waals surface area contributed by atoms with Gasteiger partial charge < -0.3 is 10.2 Å². The van der Waals surface area contributed by atoms with E-state index in [1.165, 1.54) is 28.9 Å². The Bertz CT molecular complexity index is 622. The van der Waals surface area contributed by atoms with Gasteiger partial charge in [-0.3, -0.25) is 0 Å². The van der Waals surface area contributed by atoms with E-state index in [1.54, 1.807) is 0 Å². The molecule has 0 amide bonds. The molecule has 1 unspecified atom stereocenters. The van der Waals surface area contributed by atoms with Crippen LogP contribution in [-0.4, -0.2) is 13.6 Å². The highest BCUT2D eigenvalue weighted by Gasteiger charge is 2.15. The summed E-state index contributed by atoms with van der Waals surface area (Å²) in [5.74, 6) is -0.186. The number of nitrogens with one attached hydrogen (secondary N) is 1. The quantitative estimate of drug-likeness (QED) is 0.921. The highest BCUT2D eigenvalue weighted by Crippen LogP contribution is 2.27. The molecule has 21 heavy (non-hydrogen) atoms. The van der Waals surface area contributed by atoms with Crippen molar-refractivity contribution in [2.24, 2.45) is 0 Å². The van der Waals surface area contributed by atoms with Crippen LogP contribution in [0.5, 0.6) is 0 Å². The van der Waals surface area contributed by atoms with E-state index in [0.29, 0.717) is 0 Å². The van der Waals surface area contributed by atoms with Crippen molar-refractivity contribution in [2.75, 3.05) is 18.5 Å². The third-order valence-corrected chi connectivity index (χ3v) is 4.25. The molecule has 1 N–H and O–H groups in total. The fourth-order valence-electron chi connectivity index (χ4n) is 2.87. The Morgan fingerprint density at radius 2 is 1.95 bits per heavy atom. The van der Waals surface area contributed by atoms with Crippen LogP contribution in [0, 0.1) is 5.82 Å². The molecule has 0 aliphatic carbocycles. The average Bonchev–Trinajstić information content (AvgIpc) is 2.86. The van der Waals surface area contributed by atoms with Crippen molar-refractivity contribution in [2.45, 2.75) is 25.9 Å². The summed E-state index contributed by atoms with van der Waals surface area (Å²) < 4.78 is 12.9. The van der Waals surface area contributed by atoms with E-state index in [9.17, 15) is 4.39 Å². The Kier molecular flexibility index (Phi) is 3.93. The molecular weight excluding hydrogens is 263 g/mol. The zero-order chi connectivity index (χ0) is 14.8. The zero-order valence-corrected chi connectivity index (χ0v) is 12.6. The predicted molar refractivity (Wildman–Crippen MR) is 85.1 cm³/mol. The highest BCUT2D eigenvalue weighted by atomic mass is 19.1. The second-order valence-corrected chi connectivity index (χ2v) is 5.79. The smallest absolute Gasteiger partial charge is 0.123 e. The van der Waals surface area contributed by atoms with Crippen LogP contribution in [0.3, 0.4) is 0 Å². The van der Waals surface area contributed by atoms with Crippen LogP contribution in [-0.2, 0) is 13.0 Å². The van der Waals surface area contributed by atoms with Crippen LogP contribution in [0.2, 0.25) is 0 Å². The summed E-state index contributed by atoms with van der Waals surface area (Å²) in [5.41, 5.74) is 5.20. The van der Waals surface area contributed by atoms with Crippen LogP contribution < -0.4 is 10.2 Å². The monoisotopic (exact) mass is 284 g/mol. The Morgan fingerprint density at radius 3 is 2.71 bits per heavy atom. The third kappa shape index (κ3) is 3.08. The molecule has 110 valence electrons. The van der Waals surface area contributed by atoms with Gasteiger partial charge in [-0.15, -0.1) is 0 Å². The number of halogens is 1. The van der Waals surface area contributed by atoms with Gasteiger partial charge in [0.2, 0.25) is 0 Å². The normalized spacial score (nSPS) is 15.1. The van der Waals surface area contributed by atoms with Crippen LogP contribution in [0.25, 0.3) is 0 Å². The molecule has 0 bridgehead atoms. The molecule has 1 aliphatic heterocycles. The summed E-state index contributed by atoms with van der Waals surface area (Å²) in [4.78, 5) is 2.30. The lowest BCUT2D eigenvalue weighted by Crippen LogP contribution is -2.18. The first-order chi connectivity index (χ1) is 10.1. The van der Waals surface area contributed by atoms with Crippen molar-refractivity contribution in [1.29, 1.82) is 0 Å². The second-order valence-electron chi connectivity index (χ2n) is 5.79. The van der Waals surface area contributed by atoms with Crippen molar-refractivity contribution in [3.05, 3.63) is 65.0 Å². The molecule has 0 aromatic heterocycles. The van der Waals surface area contributed by atoms with Crippen molar-refractivity contribution >= 4 is 5.69 Å². The molecule has 0 spiro atoms. The molecule has 1 aliphatic rings. The molecule has 0 fully saturated rings. The van der Waals surface area contributed by atoms with E-state index < -0.39 is 0 Å². The Labute approximate surface area is 125 Å². The van der Waals surface area contributed by atoms with Crippen LogP contribution in [0.4, 0.5) is 10.1 Å². The Hall–Kier alpha value is -1.87. The molecule has 0 radical (unpaired) electrons. The molecule has 2 aromatic carbocycles. The fourth-order valence-corrected chi connectivity index (χ4v) is 2.87. The van der Waals surface area contributed by atoms with Crippen LogP contribution >= 0.6 is 0 Å². The maximum absolute atomic E-state index is 12.9. The minimum atomic E-state index is -0.186. The van der Waals surface area contributed by atoms with Gasteiger partial charge in [-0.25, -0.2) is 4.39 Å². The SMILES string of the molecule is CC(NCc1ccc2c(c1)CCN2C)c1ccc(F)cc1. The van der Waals surface area contributed by atoms with Gasteiger partial charge in [0.05, 0.1) is 0 Å². The summed E-state index contributed by atoms with van der Waals surface area (Å²) in [7, 11) is 2.14. The molecule has 3 heteroatoms. The minimum absolute atomic E-state index is 0.186. The van der Waals surface area contributed by atoms with Crippen molar-refractivity contribution in [3.63, 3.8) is 0 Å². The van der Waals surface area contributed by atoms with E-state index in [4.69, 9.17) is 0 Å². The summed E-state index contributed by atoms with van der Waals surface area (Å²) in [6.07, 6.45) is 1.13. The first kappa shape index (κ1) is 14.1. The third-order valence-electron chi connectivity index (χ3n) is 4.25. The number of nitrogens with zero attached hydrogens (tertiary/aromatic N) is 1. The Morgan fingerprint density at radius 1 is 1.19 bits per heavy atom. The molecule has 2 nitrogen and oxygen atoms in total. The lowest BCUT2D eigenvalue weighted by molar-refractivity contribution is 0.571. The van der Waals surface area contributed by atoms with E-state index in [2.05, 4.69) is 42.4 Å². The lowest BCUT2D eigenvalue weighted by Gasteiger charge is -2.16. The summed E-state index contributed by atoms with van der Waals surface area (Å²) >= 11 is 0. The first-order valence-electron chi connectivity index (χ1n) is 7.45. The van der Waals surface area contributed by atoms with Gasteiger partial charge in [-0.1, -0.05) is 24.3 Å². The Balaban J connectivity index is 1.64. The molecule has 1 atom stereocenters. The van der Waals surface area contributed by atoms with Crippen LogP contribution in [0.1, 0.15) is 29.7 Å². The van der Waals surface area contributed by atoms with Crippen molar-refractivity contribution in [3.8, 4) is 0 Å². The molecule has 3 rings (SSSR count). The van der Waals surface area contributed by atoms with Crippen molar-refractivity contribution in [1.82, 2.24) is 5.32 Å². The highest BCUT2D eigenvalue weighted by molar-refractivity contribution is 5.58. The lowest BCUT2D eigenvalue weighted by atomic mass is 10.1. The molecular formula is C18H21FN2. The van der Waals surface area contributed by atoms with E-state index in [-0.39, 0.29) is 11.9 Å². The topological polar surface area (TPSA) is 15.3 Å². The van der Waals surface area contributed by atoms with E-state index in [0.717, 1.165) is 25.1 Å². The maximum Gasteiger partial charge on any atom is 0.123 e. The van der Waals surface area contributed by atoms with Gasteiger partial charge in [-0.2, -0.15) is 0 Å². The number of rotatable bonds is 4. The van der Waals surface area contributed by atoms with Gasteiger partial charge >= 0.3 is 0 Å². The zero-order valence-electron chi connectivity index (χ0n) is 12.6. The number of fused-ring (bicyclic) bond motifs is 1. The standard InChI is InChI=1S/C18H21FN2/c1-13(15-4-6-17(19)7-5-15)20-12-14-3-8-18-16(11-14)9-10-21(18)2/h3-8,11,13,20H,9-10,12H2,1-2H3. The molecule has 1 heterocycles. The van der Waals surface area contributed by atoms with Gasteiger partial charge in [0.25, 0.3) is 0 Å². The maximum atomic E-state index is 12.9. The molecule has 0 saturated heterocycles.